The molecule has 16 heavy (non-hydrogen) atoms. The molecule has 0 aromatic rings. The highest BCUT2D eigenvalue weighted by Gasteiger charge is 2.16. The highest BCUT2D eigenvalue weighted by molar-refractivity contribution is 5.81. The monoisotopic (exact) mass is 232 g/mol. The smallest absolute Gasteiger partial charge is 0.332 e. The maximum absolute atomic E-state index is 11.4. The van der Waals surface area contributed by atoms with Crippen LogP contribution in [0.5, 0.6) is 0 Å². The van der Waals surface area contributed by atoms with Gasteiger partial charge in [-0.15, -0.1) is 0 Å². The lowest BCUT2D eigenvalue weighted by atomic mass is 10.0. The van der Waals surface area contributed by atoms with E-state index in [0.29, 0.717) is 12.3 Å². The number of aliphatic carboxylic acids is 1. The summed E-state index contributed by atoms with van der Waals surface area (Å²) in [5.74, 6) is -1.28. The molecule has 0 heterocycles. The van der Waals surface area contributed by atoms with Crippen LogP contribution in [0.2, 0.25) is 0 Å². The average molecular weight is 232 g/mol. The van der Waals surface area contributed by atoms with E-state index in [4.69, 9.17) is 15.9 Å². The van der Waals surface area contributed by atoms with Gasteiger partial charge in [0.05, 0.1) is 6.04 Å². The minimum atomic E-state index is -1.44. The largest absolute Gasteiger partial charge is 0.479 e. The number of carbonyl (C=O) groups excluding carboxylic acids is 1. The number of amides is 1. The highest BCUT2D eigenvalue weighted by Crippen LogP contribution is 2.02. The molecule has 1 amide bonds. The predicted molar refractivity (Wildman–Crippen MR) is 58.7 cm³/mol. The second kappa shape index (κ2) is 7.19. The van der Waals surface area contributed by atoms with Crippen LogP contribution in [0, 0.1) is 5.92 Å². The molecule has 5 N–H and O–H groups in total. The molecular formula is C10H20N2O4. The van der Waals surface area contributed by atoms with Gasteiger partial charge in [-0.25, -0.2) is 4.79 Å². The lowest BCUT2D eigenvalue weighted by Gasteiger charge is -2.14. The Bertz CT molecular complexity index is 243. The molecule has 94 valence electrons. The molecule has 0 fully saturated rings. The summed E-state index contributed by atoms with van der Waals surface area (Å²) in [6.45, 7) is 4.03. The fraction of sp³-hybridized carbons (Fsp3) is 0.800. The number of hydrogen-bond donors (Lipinski definition) is 4. The van der Waals surface area contributed by atoms with Crippen LogP contribution >= 0.6 is 0 Å². The zero-order valence-electron chi connectivity index (χ0n) is 9.64. The number of nitrogens with one attached hydrogen (secondary N) is 1. The fourth-order valence-electron chi connectivity index (χ4n) is 1.20. The molecule has 0 spiro atoms. The van der Waals surface area contributed by atoms with Gasteiger partial charge >= 0.3 is 5.97 Å². The normalized spacial score (nSPS) is 14.6. The Hall–Kier alpha value is -1.14. The molecule has 0 radical (unpaired) electrons. The topological polar surface area (TPSA) is 113 Å². The van der Waals surface area contributed by atoms with Crippen LogP contribution in [-0.2, 0) is 9.59 Å². The van der Waals surface area contributed by atoms with E-state index in [-0.39, 0.29) is 18.9 Å². The van der Waals surface area contributed by atoms with Gasteiger partial charge in [0, 0.05) is 13.0 Å². The maximum Gasteiger partial charge on any atom is 0.332 e. The highest BCUT2D eigenvalue weighted by atomic mass is 16.4. The number of carboxylic acid groups (broad SMARTS) is 1. The summed E-state index contributed by atoms with van der Waals surface area (Å²) in [6.07, 6.45) is -0.885. The van der Waals surface area contributed by atoms with Crippen molar-refractivity contribution in [2.45, 2.75) is 38.8 Å². The van der Waals surface area contributed by atoms with E-state index in [1.54, 1.807) is 0 Å². The first-order chi connectivity index (χ1) is 7.34. The van der Waals surface area contributed by atoms with E-state index in [1.807, 2.05) is 13.8 Å². The van der Waals surface area contributed by atoms with E-state index < -0.39 is 18.1 Å². The molecule has 0 aliphatic rings. The van der Waals surface area contributed by atoms with Gasteiger partial charge in [0.1, 0.15) is 0 Å². The van der Waals surface area contributed by atoms with Crippen molar-refractivity contribution in [1.82, 2.24) is 5.32 Å². The first kappa shape index (κ1) is 14.9. The molecule has 0 saturated carbocycles. The SMILES string of the molecule is CC(C)C[C@@H](N)C(=O)NCCC(O)C(=O)O. The molecule has 6 nitrogen and oxygen atoms in total. The number of carboxylic acids is 1. The number of hydrogen-bond acceptors (Lipinski definition) is 4. The van der Waals surface area contributed by atoms with E-state index in [0.717, 1.165) is 0 Å². The number of carbonyl (C=O) groups is 2. The van der Waals surface area contributed by atoms with Crippen molar-refractivity contribution in [3.05, 3.63) is 0 Å². The van der Waals surface area contributed by atoms with Crippen molar-refractivity contribution in [3.63, 3.8) is 0 Å². The standard InChI is InChI=1S/C10H20N2O4/c1-6(2)5-7(11)9(14)12-4-3-8(13)10(15)16/h6-8,13H,3-5,11H2,1-2H3,(H,12,14)(H,15,16)/t7-,8?/m1/s1. The van der Waals surface area contributed by atoms with Crippen molar-refractivity contribution >= 4 is 11.9 Å². The average Bonchev–Trinajstić information content (AvgIpc) is 2.15. The maximum atomic E-state index is 11.4. The van der Waals surface area contributed by atoms with Crippen molar-refractivity contribution < 1.29 is 19.8 Å². The molecule has 0 aliphatic heterocycles. The predicted octanol–water partition coefficient (Wildman–Crippen LogP) is -0.688. The summed E-state index contributed by atoms with van der Waals surface area (Å²) in [4.78, 5) is 21.6. The van der Waals surface area contributed by atoms with Crippen LogP contribution in [0.1, 0.15) is 26.7 Å². The summed E-state index contributed by atoms with van der Waals surface area (Å²) in [5, 5.41) is 19.8. The summed E-state index contributed by atoms with van der Waals surface area (Å²) < 4.78 is 0. The van der Waals surface area contributed by atoms with Crippen LogP contribution in [0.25, 0.3) is 0 Å². The number of aliphatic hydroxyl groups excluding tert-OH is 1. The lowest BCUT2D eigenvalue weighted by molar-refractivity contribution is -0.147. The Morgan fingerprint density at radius 2 is 1.94 bits per heavy atom. The van der Waals surface area contributed by atoms with Crippen molar-refractivity contribution in [3.8, 4) is 0 Å². The quantitative estimate of drug-likeness (QED) is 0.464. The van der Waals surface area contributed by atoms with Gasteiger partial charge in [0.25, 0.3) is 0 Å². The van der Waals surface area contributed by atoms with E-state index in [1.165, 1.54) is 0 Å². The van der Waals surface area contributed by atoms with Gasteiger partial charge in [0.15, 0.2) is 6.10 Å². The Labute approximate surface area is 94.8 Å². The van der Waals surface area contributed by atoms with Gasteiger partial charge in [-0.05, 0) is 12.3 Å². The van der Waals surface area contributed by atoms with Gasteiger partial charge in [0.2, 0.25) is 5.91 Å². The Kier molecular flexibility index (Phi) is 6.67. The third-order valence-electron chi connectivity index (χ3n) is 2.06. The first-order valence-electron chi connectivity index (χ1n) is 5.28. The zero-order valence-corrected chi connectivity index (χ0v) is 9.64. The molecule has 0 aromatic carbocycles. The first-order valence-corrected chi connectivity index (χ1v) is 5.28. The fourth-order valence-corrected chi connectivity index (χ4v) is 1.20. The molecular weight excluding hydrogens is 212 g/mol. The summed E-state index contributed by atoms with van der Waals surface area (Å²) in [6, 6.07) is -0.582. The summed E-state index contributed by atoms with van der Waals surface area (Å²) in [7, 11) is 0. The van der Waals surface area contributed by atoms with Gasteiger partial charge in [-0.2, -0.15) is 0 Å². The van der Waals surface area contributed by atoms with Gasteiger partial charge < -0.3 is 21.3 Å². The Morgan fingerprint density at radius 1 is 1.38 bits per heavy atom. The number of rotatable bonds is 7. The molecule has 0 bridgehead atoms. The Balaban J connectivity index is 3.77. The number of aliphatic hydroxyl groups is 1. The van der Waals surface area contributed by atoms with Gasteiger partial charge in [-0.1, -0.05) is 13.8 Å². The van der Waals surface area contributed by atoms with Crippen molar-refractivity contribution in [1.29, 1.82) is 0 Å². The van der Waals surface area contributed by atoms with Crippen LogP contribution in [0.15, 0.2) is 0 Å². The Morgan fingerprint density at radius 3 is 2.38 bits per heavy atom. The van der Waals surface area contributed by atoms with Crippen LogP contribution < -0.4 is 11.1 Å². The second-order valence-electron chi connectivity index (χ2n) is 4.17. The van der Waals surface area contributed by atoms with Crippen LogP contribution in [0.4, 0.5) is 0 Å². The molecule has 0 saturated heterocycles. The molecule has 1 unspecified atom stereocenters. The van der Waals surface area contributed by atoms with E-state index >= 15 is 0 Å². The molecule has 2 atom stereocenters. The molecule has 0 rings (SSSR count). The number of nitrogens with two attached hydrogens (primary N) is 1. The van der Waals surface area contributed by atoms with Crippen molar-refractivity contribution in [2.24, 2.45) is 11.7 Å². The summed E-state index contributed by atoms with van der Waals surface area (Å²) >= 11 is 0. The van der Waals surface area contributed by atoms with E-state index in [2.05, 4.69) is 5.32 Å². The second-order valence-corrected chi connectivity index (χ2v) is 4.17. The molecule has 0 aliphatic carbocycles. The van der Waals surface area contributed by atoms with Crippen LogP contribution in [0.3, 0.4) is 0 Å². The van der Waals surface area contributed by atoms with Gasteiger partial charge in [-0.3, -0.25) is 4.79 Å². The van der Waals surface area contributed by atoms with E-state index in [9.17, 15) is 9.59 Å². The minimum Gasteiger partial charge on any atom is -0.479 e. The molecule has 6 heteroatoms. The third kappa shape index (κ3) is 6.36. The third-order valence-corrected chi connectivity index (χ3v) is 2.06. The molecule has 0 aromatic heterocycles. The zero-order chi connectivity index (χ0) is 12.7. The lowest BCUT2D eigenvalue weighted by Crippen LogP contribution is -2.42. The summed E-state index contributed by atoms with van der Waals surface area (Å²) in [5.41, 5.74) is 5.60. The van der Waals surface area contributed by atoms with Crippen LogP contribution in [-0.4, -0.2) is 40.8 Å². The van der Waals surface area contributed by atoms with Crippen molar-refractivity contribution in [2.75, 3.05) is 6.54 Å². The minimum absolute atomic E-state index is 0.0184.